The first-order valence-corrected chi connectivity index (χ1v) is 9.14. The number of amides is 1. The minimum atomic E-state index is -0.130. The molecule has 26 heavy (non-hydrogen) atoms. The molecule has 0 heterocycles. The Morgan fingerprint density at radius 1 is 1.19 bits per heavy atom. The first-order chi connectivity index (χ1) is 12.4. The molecular formula is C20H23Cl2NO3. The molecule has 1 amide bonds. The van der Waals surface area contributed by atoms with Crippen molar-refractivity contribution in [2.75, 3.05) is 20.8 Å². The fraction of sp³-hybridized carbons (Fsp3) is 0.350. The van der Waals surface area contributed by atoms with Gasteiger partial charge in [0.25, 0.3) is 5.91 Å². The van der Waals surface area contributed by atoms with Crippen molar-refractivity contribution in [3.63, 3.8) is 0 Å². The molecule has 0 aliphatic heterocycles. The average molecular weight is 396 g/mol. The molecule has 140 valence electrons. The van der Waals surface area contributed by atoms with Gasteiger partial charge in [0.05, 0.1) is 18.7 Å². The van der Waals surface area contributed by atoms with Gasteiger partial charge >= 0.3 is 0 Å². The first kappa shape index (κ1) is 20.4. The Morgan fingerprint density at radius 3 is 2.42 bits per heavy atom. The number of carbonyl (C=O) groups is 1. The number of benzene rings is 2. The number of hydrogen-bond acceptors (Lipinski definition) is 3. The van der Waals surface area contributed by atoms with E-state index in [0.29, 0.717) is 33.7 Å². The molecule has 0 saturated heterocycles. The molecule has 2 aromatic carbocycles. The second-order valence-electron chi connectivity index (χ2n) is 6.02. The predicted octanol–water partition coefficient (Wildman–Crippen LogP) is 5.10. The SMILES string of the molecule is CCOc1c(Cl)cc(C(=O)N(C)C(C)Cc2ccc(Cl)cc2)cc1OC. The van der Waals surface area contributed by atoms with Crippen molar-refractivity contribution in [2.24, 2.45) is 0 Å². The summed E-state index contributed by atoms with van der Waals surface area (Å²) in [6.07, 6.45) is 0.724. The van der Waals surface area contributed by atoms with Crippen LogP contribution in [0.15, 0.2) is 36.4 Å². The third-order valence-corrected chi connectivity index (χ3v) is 4.72. The highest BCUT2D eigenvalue weighted by Crippen LogP contribution is 2.36. The predicted molar refractivity (Wildman–Crippen MR) is 106 cm³/mol. The highest BCUT2D eigenvalue weighted by atomic mass is 35.5. The molecular weight excluding hydrogens is 373 g/mol. The van der Waals surface area contributed by atoms with E-state index in [1.54, 1.807) is 24.1 Å². The average Bonchev–Trinajstić information content (AvgIpc) is 2.63. The van der Waals surface area contributed by atoms with E-state index in [4.69, 9.17) is 32.7 Å². The number of rotatable bonds is 7. The molecule has 2 rings (SSSR count). The van der Waals surface area contributed by atoms with Gasteiger partial charge in [-0.05, 0) is 50.1 Å². The van der Waals surface area contributed by atoms with Crippen molar-refractivity contribution in [1.82, 2.24) is 4.90 Å². The summed E-state index contributed by atoms with van der Waals surface area (Å²) in [5.74, 6) is 0.765. The van der Waals surface area contributed by atoms with E-state index in [9.17, 15) is 4.79 Å². The van der Waals surface area contributed by atoms with Crippen LogP contribution in [0.25, 0.3) is 0 Å². The molecule has 0 radical (unpaired) electrons. The van der Waals surface area contributed by atoms with Gasteiger partial charge in [-0.3, -0.25) is 4.79 Å². The fourth-order valence-corrected chi connectivity index (χ4v) is 3.02. The van der Waals surface area contributed by atoms with E-state index in [0.717, 1.165) is 12.0 Å². The van der Waals surface area contributed by atoms with Gasteiger partial charge in [-0.2, -0.15) is 0 Å². The van der Waals surface area contributed by atoms with Gasteiger partial charge in [0, 0.05) is 23.7 Å². The topological polar surface area (TPSA) is 38.8 Å². The third-order valence-electron chi connectivity index (χ3n) is 4.19. The van der Waals surface area contributed by atoms with Crippen molar-refractivity contribution in [2.45, 2.75) is 26.3 Å². The lowest BCUT2D eigenvalue weighted by molar-refractivity contribution is 0.0743. The Morgan fingerprint density at radius 2 is 1.85 bits per heavy atom. The van der Waals surface area contributed by atoms with Crippen molar-refractivity contribution >= 4 is 29.1 Å². The number of hydrogen-bond donors (Lipinski definition) is 0. The van der Waals surface area contributed by atoms with Crippen LogP contribution < -0.4 is 9.47 Å². The maximum absolute atomic E-state index is 12.9. The lowest BCUT2D eigenvalue weighted by Gasteiger charge is -2.26. The van der Waals surface area contributed by atoms with Crippen molar-refractivity contribution < 1.29 is 14.3 Å². The van der Waals surface area contributed by atoms with E-state index < -0.39 is 0 Å². The molecule has 1 unspecified atom stereocenters. The highest BCUT2D eigenvalue weighted by molar-refractivity contribution is 6.32. The molecule has 0 aliphatic carbocycles. The minimum Gasteiger partial charge on any atom is -0.493 e. The van der Waals surface area contributed by atoms with E-state index in [1.165, 1.54) is 7.11 Å². The molecule has 0 fully saturated rings. The number of methoxy groups -OCH3 is 1. The van der Waals surface area contributed by atoms with Crippen molar-refractivity contribution in [1.29, 1.82) is 0 Å². The van der Waals surface area contributed by atoms with Gasteiger partial charge in [-0.15, -0.1) is 0 Å². The number of likely N-dealkylation sites (N-methyl/N-ethyl adjacent to an activating group) is 1. The Balaban J connectivity index is 2.18. The van der Waals surface area contributed by atoms with E-state index >= 15 is 0 Å². The molecule has 0 aliphatic rings. The zero-order valence-corrected chi connectivity index (χ0v) is 16.9. The van der Waals surface area contributed by atoms with E-state index in [2.05, 4.69) is 0 Å². The van der Waals surface area contributed by atoms with Gasteiger partial charge in [-0.25, -0.2) is 0 Å². The fourth-order valence-electron chi connectivity index (χ4n) is 2.63. The van der Waals surface area contributed by atoms with E-state index in [1.807, 2.05) is 38.1 Å². The summed E-state index contributed by atoms with van der Waals surface area (Å²) in [7, 11) is 3.30. The summed E-state index contributed by atoms with van der Waals surface area (Å²) in [6, 6.07) is 10.9. The smallest absolute Gasteiger partial charge is 0.254 e. The van der Waals surface area contributed by atoms with Gasteiger partial charge in [0.15, 0.2) is 11.5 Å². The summed E-state index contributed by atoms with van der Waals surface area (Å²) in [4.78, 5) is 14.6. The van der Waals surface area contributed by atoms with E-state index in [-0.39, 0.29) is 11.9 Å². The molecule has 2 aromatic rings. The lowest BCUT2D eigenvalue weighted by Crippen LogP contribution is -2.36. The van der Waals surface area contributed by atoms with Gasteiger partial charge in [-0.1, -0.05) is 35.3 Å². The van der Waals surface area contributed by atoms with Crippen LogP contribution in [0, 0.1) is 0 Å². The van der Waals surface area contributed by atoms with Crippen LogP contribution in [0.5, 0.6) is 11.5 Å². The monoisotopic (exact) mass is 395 g/mol. The lowest BCUT2D eigenvalue weighted by atomic mass is 10.1. The Hall–Kier alpha value is -1.91. The van der Waals surface area contributed by atoms with Crippen LogP contribution in [-0.4, -0.2) is 37.6 Å². The molecule has 0 spiro atoms. The largest absolute Gasteiger partial charge is 0.493 e. The summed E-state index contributed by atoms with van der Waals surface area (Å²) in [5, 5.41) is 1.05. The minimum absolute atomic E-state index is 0.0000132. The second kappa shape index (κ2) is 9.15. The third kappa shape index (κ3) is 4.83. The summed E-state index contributed by atoms with van der Waals surface area (Å²) < 4.78 is 10.8. The Bertz CT molecular complexity index is 762. The van der Waals surface area contributed by atoms with Crippen LogP contribution in [0.1, 0.15) is 29.8 Å². The Kier molecular flexibility index (Phi) is 7.18. The summed E-state index contributed by atoms with van der Waals surface area (Å²) >= 11 is 12.2. The number of halogens is 2. The molecule has 0 saturated carbocycles. The molecule has 1 atom stereocenters. The van der Waals surface area contributed by atoms with Crippen molar-refractivity contribution in [3.05, 3.63) is 57.6 Å². The number of carbonyl (C=O) groups excluding carboxylic acids is 1. The normalized spacial score (nSPS) is 11.8. The van der Waals surface area contributed by atoms with Crippen LogP contribution in [-0.2, 0) is 6.42 Å². The van der Waals surface area contributed by atoms with Gasteiger partial charge in [0.2, 0.25) is 0 Å². The number of ether oxygens (including phenoxy) is 2. The number of nitrogens with zero attached hydrogens (tertiary/aromatic N) is 1. The van der Waals surface area contributed by atoms with Crippen LogP contribution >= 0.6 is 23.2 Å². The summed E-state index contributed by atoms with van der Waals surface area (Å²) in [6.45, 7) is 4.32. The molecule has 0 bridgehead atoms. The standard InChI is InChI=1S/C20H23Cl2NO3/c1-5-26-19-17(22)11-15(12-18(19)25-4)20(24)23(3)13(2)10-14-6-8-16(21)9-7-14/h6-9,11-13H,5,10H2,1-4H3. The zero-order valence-electron chi connectivity index (χ0n) is 15.4. The van der Waals surface area contributed by atoms with Crippen LogP contribution in [0.3, 0.4) is 0 Å². The molecule has 0 N–H and O–H groups in total. The highest BCUT2D eigenvalue weighted by Gasteiger charge is 2.21. The van der Waals surface area contributed by atoms with Gasteiger partial charge in [0.1, 0.15) is 0 Å². The zero-order chi connectivity index (χ0) is 19.3. The maximum atomic E-state index is 12.9. The second-order valence-corrected chi connectivity index (χ2v) is 6.86. The van der Waals surface area contributed by atoms with Gasteiger partial charge < -0.3 is 14.4 Å². The Labute approximate surface area is 164 Å². The molecule has 4 nitrogen and oxygen atoms in total. The quantitative estimate of drug-likeness (QED) is 0.653. The van der Waals surface area contributed by atoms with Crippen LogP contribution in [0.2, 0.25) is 10.0 Å². The van der Waals surface area contributed by atoms with Crippen LogP contribution in [0.4, 0.5) is 0 Å². The first-order valence-electron chi connectivity index (χ1n) is 8.39. The molecule has 0 aromatic heterocycles. The summed E-state index contributed by atoms with van der Waals surface area (Å²) in [5.41, 5.74) is 1.57. The molecule has 6 heteroatoms. The maximum Gasteiger partial charge on any atom is 0.254 e. The van der Waals surface area contributed by atoms with Crippen molar-refractivity contribution in [3.8, 4) is 11.5 Å².